The predicted molar refractivity (Wildman–Crippen MR) is 76.9 cm³/mol. The normalized spacial score (nSPS) is 10.5. The second-order valence-electron chi connectivity index (χ2n) is 3.84. The van der Waals surface area contributed by atoms with Crippen LogP contribution in [0, 0.1) is 11.8 Å². The van der Waals surface area contributed by atoms with Gasteiger partial charge in [0, 0.05) is 18.6 Å². The van der Waals surface area contributed by atoms with Gasteiger partial charge in [0.1, 0.15) is 17.3 Å². The predicted octanol–water partition coefficient (Wildman–Crippen LogP) is 0.837. The topological polar surface area (TPSA) is 81.2 Å². The van der Waals surface area contributed by atoms with Gasteiger partial charge in [-0.3, -0.25) is 9.97 Å². The molecule has 21 heavy (non-hydrogen) atoms. The third-order valence-electron chi connectivity index (χ3n) is 2.37. The lowest BCUT2D eigenvalue weighted by molar-refractivity contribution is 0.368. The van der Waals surface area contributed by atoms with Gasteiger partial charge >= 0.3 is 0 Å². The van der Waals surface area contributed by atoms with Crippen molar-refractivity contribution in [2.75, 3.05) is 13.2 Å². The van der Waals surface area contributed by atoms with Gasteiger partial charge in [0.05, 0.1) is 12.7 Å². The van der Waals surface area contributed by atoms with Crippen molar-refractivity contribution in [3.8, 4) is 17.6 Å². The molecule has 7 heteroatoms. The van der Waals surface area contributed by atoms with Crippen molar-refractivity contribution in [1.29, 1.82) is 0 Å². The fraction of sp³-hybridized carbons (Fsp3) is 0.143. The molecule has 0 spiro atoms. The van der Waals surface area contributed by atoms with Gasteiger partial charge in [0.2, 0.25) is 10.0 Å². The summed E-state index contributed by atoms with van der Waals surface area (Å²) in [5, 5.41) is 0. The van der Waals surface area contributed by atoms with Crippen molar-refractivity contribution >= 4 is 10.0 Å². The molecule has 0 aromatic carbocycles. The highest BCUT2D eigenvalue weighted by Gasteiger charge is 2.11. The maximum Gasteiger partial charge on any atom is 0.242 e. The molecule has 108 valence electrons. The number of nitrogens with one attached hydrogen (secondary N) is 1. The zero-order valence-electron chi connectivity index (χ0n) is 11.1. The van der Waals surface area contributed by atoms with Crippen LogP contribution in [-0.2, 0) is 10.0 Å². The first-order valence-electron chi connectivity index (χ1n) is 6.07. The number of hydrogen-bond acceptors (Lipinski definition) is 5. The Kier molecular flexibility index (Phi) is 5.26. The second-order valence-corrected chi connectivity index (χ2v) is 5.61. The van der Waals surface area contributed by atoms with Gasteiger partial charge in [-0.1, -0.05) is 11.8 Å². The Morgan fingerprint density at radius 1 is 1.10 bits per heavy atom. The Bertz CT molecular complexity index is 722. The molecule has 0 amide bonds. The van der Waals surface area contributed by atoms with Crippen LogP contribution in [-0.4, -0.2) is 31.5 Å². The first kappa shape index (κ1) is 15.0. The number of nitrogens with zero attached hydrogens (tertiary/aromatic N) is 2. The number of aromatic nitrogens is 2. The SMILES string of the molecule is O=S(=O)(NCC#CCOc1cccnc1)c1cccnc1. The summed E-state index contributed by atoms with van der Waals surface area (Å²) in [7, 11) is -3.57. The first-order chi connectivity index (χ1) is 10.2. The van der Waals surface area contributed by atoms with Crippen LogP contribution in [0.3, 0.4) is 0 Å². The van der Waals surface area contributed by atoms with Gasteiger partial charge in [-0.15, -0.1) is 0 Å². The quantitative estimate of drug-likeness (QED) is 0.828. The number of sulfonamides is 1. The minimum absolute atomic E-state index is 0.00757. The smallest absolute Gasteiger partial charge is 0.242 e. The van der Waals surface area contributed by atoms with Crippen LogP contribution >= 0.6 is 0 Å². The lowest BCUT2D eigenvalue weighted by Crippen LogP contribution is -2.24. The van der Waals surface area contributed by atoms with E-state index < -0.39 is 10.0 Å². The zero-order chi connectivity index (χ0) is 15.0. The van der Waals surface area contributed by atoms with Gasteiger partial charge in [0.15, 0.2) is 0 Å². The van der Waals surface area contributed by atoms with Crippen LogP contribution in [0.4, 0.5) is 0 Å². The van der Waals surface area contributed by atoms with Gasteiger partial charge in [-0.25, -0.2) is 8.42 Å². The highest BCUT2D eigenvalue weighted by molar-refractivity contribution is 7.89. The Hall–Kier alpha value is -2.43. The van der Waals surface area contributed by atoms with E-state index in [0.29, 0.717) is 5.75 Å². The van der Waals surface area contributed by atoms with Gasteiger partial charge < -0.3 is 4.74 Å². The lowest BCUT2D eigenvalue weighted by Gasteiger charge is -2.02. The zero-order valence-corrected chi connectivity index (χ0v) is 11.9. The van der Waals surface area contributed by atoms with E-state index >= 15 is 0 Å². The molecule has 0 atom stereocenters. The Labute approximate surface area is 123 Å². The van der Waals surface area contributed by atoms with Crippen molar-refractivity contribution in [1.82, 2.24) is 14.7 Å². The monoisotopic (exact) mass is 303 g/mol. The number of ether oxygens (including phenoxy) is 1. The third-order valence-corrected chi connectivity index (χ3v) is 3.75. The summed E-state index contributed by atoms with van der Waals surface area (Å²) in [6.07, 6.45) is 6.01. The van der Waals surface area contributed by atoms with E-state index in [-0.39, 0.29) is 18.0 Å². The molecule has 0 aliphatic carbocycles. The average Bonchev–Trinajstić information content (AvgIpc) is 2.52. The molecule has 1 N–H and O–H groups in total. The maximum atomic E-state index is 11.8. The third kappa shape index (κ3) is 4.87. The van der Waals surface area contributed by atoms with Crippen molar-refractivity contribution in [2.24, 2.45) is 0 Å². The summed E-state index contributed by atoms with van der Waals surface area (Å²) in [5.41, 5.74) is 0. The Morgan fingerprint density at radius 3 is 2.52 bits per heavy atom. The second kappa shape index (κ2) is 7.38. The largest absolute Gasteiger partial charge is 0.479 e. The van der Waals surface area contributed by atoms with E-state index in [1.54, 1.807) is 30.6 Å². The van der Waals surface area contributed by atoms with Crippen LogP contribution < -0.4 is 9.46 Å². The highest BCUT2D eigenvalue weighted by Crippen LogP contribution is 2.05. The fourth-order valence-electron chi connectivity index (χ4n) is 1.39. The Balaban J connectivity index is 1.79. The summed E-state index contributed by atoms with van der Waals surface area (Å²) in [5.74, 6) is 6.00. The van der Waals surface area contributed by atoms with Crippen molar-refractivity contribution < 1.29 is 13.2 Å². The van der Waals surface area contributed by atoms with Gasteiger partial charge in [0.25, 0.3) is 0 Å². The summed E-state index contributed by atoms with van der Waals surface area (Å²) in [6.45, 7) is 0.175. The summed E-state index contributed by atoms with van der Waals surface area (Å²) in [4.78, 5) is 7.77. The van der Waals surface area contributed by atoms with Crippen molar-refractivity contribution in [3.63, 3.8) is 0 Å². The minimum atomic E-state index is -3.57. The highest BCUT2D eigenvalue weighted by atomic mass is 32.2. The van der Waals surface area contributed by atoms with Crippen LogP contribution in [0.5, 0.6) is 5.75 Å². The molecule has 0 fully saturated rings. The van der Waals surface area contributed by atoms with E-state index in [2.05, 4.69) is 26.5 Å². The van der Waals surface area contributed by atoms with Crippen molar-refractivity contribution in [2.45, 2.75) is 4.90 Å². The summed E-state index contributed by atoms with van der Waals surface area (Å²) >= 11 is 0. The standard InChI is InChI=1S/C14H13N3O3S/c18-21(19,14-6-4-8-16-12-14)17-9-1-2-10-20-13-5-3-7-15-11-13/h3-8,11-12,17H,9-10H2. The molecule has 0 saturated heterocycles. The molecule has 6 nitrogen and oxygen atoms in total. The minimum Gasteiger partial charge on any atom is -0.479 e. The van der Waals surface area contributed by atoms with E-state index in [9.17, 15) is 8.42 Å². The maximum absolute atomic E-state index is 11.8. The molecule has 0 aliphatic rings. The summed E-state index contributed by atoms with van der Waals surface area (Å²) in [6, 6.07) is 6.54. The van der Waals surface area contributed by atoms with Gasteiger partial charge in [-0.2, -0.15) is 4.72 Å². The fourth-order valence-corrected chi connectivity index (χ4v) is 2.27. The number of rotatable bonds is 5. The molecule has 0 bridgehead atoms. The molecule has 2 aromatic rings. The van der Waals surface area contributed by atoms with Crippen LogP contribution in [0.1, 0.15) is 0 Å². The van der Waals surface area contributed by atoms with Crippen molar-refractivity contribution in [3.05, 3.63) is 49.1 Å². The molecule has 2 aromatic heterocycles. The van der Waals surface area contributed by atoms with E-state index in [0.717, 1.165) is 0 Å². The molecule has 0 radical (unpaired) electrons. The molecule has 0 saturated carbocycles. The summed E-state index contributed by atoms with van der Waals surface area (Å²) < 4.78 is 31.3. The van der Waals surface area contributed by atoms with Crippen LogP contribution in [0.2, 0.25) is 0 Å². The lowest BCUT2D eigenvalue weighted by atomic mass is 10.5. The molecule has 2 heterocycles. The number of pyridine rings is 2. The van der Waals surface area contributed by atoms with Crippen LogP contribution in [0.15, 0.2) is 53.9 Å². The first-order valence-corrected chi connectivity index (χ1v) is 7.55. The van der Waals surface area contributed by atoms with E-state index in [1.165, 1.54) is 18.5 Å². The van der Waals surface area contributed by atoms with E-state index in [1.807, 2.05) is 0 Å². The molecular weight excluding hydrogens is 290 g/mol. The van der Waals surface area contributed by atoms with Gasteiger partial charge in [-0.05, 0) is 24.3 Å². The molecule has 0 aliphatic heterocycles. The van der Waals surface area contributed by atoms with Crippen LogP contribution in [0.25, 0.3) is 0 Å². The molecule has 0 unspecified atom stereocenters. The molecular formula is C14H13N3O3S. The average molecular weight is 303 g/mol. The Morgan fingerprint density at radius 2 is 1.86 bits per heavy atom. The van der Waals surface area contributed by atoms with E-state index in [4.69, 9.17) is 4.74 Å². The number of hydrogen-bond donors (Lipinski definition) is 1. The molecule has 2 rings (SSSR count).